The van der Waals surface area contributed by atoms with Crippen LogP contribution in [0.4, 0.5) is 17.1 Å². The lowest BCUT2D eigenvalue weighted by Gasteiger charge is -2.27. The highest BCUT2D eigenvalue weighted by atomic mass is 16.3. The molecule has 0 unspecified atom stereocenters. The lowest BCUT2D eigenvalue weighted by atomic mass is 9.97. The van der Waals surface area contributed by atoms with Gasteiger partial charge in [0.1, 0.15) is 11.2 Å². The van der Waals surface area contributed by atoms with Crippen LogP contribution in [0.1, 0.15) is 0 Å². The number of furan rings is 1. The van der Waals surface area contributed by atoms with E-state index in [1.54, 1.807) is 0 Å². The molecule has 1 heterocycles. The number of nitrogens with zero attached hydrogens (tertiary/aromatic N) is 1. The molecule has 0 amide bonds. The second kappa shape index (κ2) is 14.1. The smallest absolute Gasteiger partial charge is 0.136 e. The second-order valence-corrected chi connectivity index (χ2v) is 14.9. The summed E-state index contributed by atoms with van der Waals surface area (Å²) in [7, 11) is 0. The van der Waals surface area contributed by atoms with E-state index in [2.05, 4.69) is 217 Å². The third kappa shape index (κ3) is 6.00. The van der Waals surface area contributed by atoms with Gasteiger partial charge in [-0.1, -0.05) is 170 Å². The van der Waals surface area contributed by atoms with Gasteiger partial charge in [-0.15, -0.1) is 0 Å². The van der Waals surface area contributed by atoms with E-state index in [0.717, 1.165) is 55.7 Å². The molecular formula is C56H37NO. The van der Waals surface area contributed by atoms with Crippen LogP contribution in [0.5, 0.6) is 0 Å². The minimum Gasteiger partial charge on any atom is -0.456 e. The maximum Gasteiger partial charge on any atom is 0.136 e. The first-order chi connectivity index (χ1) is 28.7. The zero-order valence-corrected chi connectivity index (χ0v) is 31.7. The Morgan fingerprint density at radius 2 is 0.810 bits per heavy atom. The number of fused-ring (bicyclic) bond motifs is 5. The zero-order chi connectivity index (χ0) is 38.4. The monoisotopic (exact) mass is 739 g/mol. The summed E-state index contributed by atoms with van der Waals surface area (Å²) in [6.07, 6.45) is 0. The van der Waals surface area contributed by atoms with E-state index in [4.69, 9.17) is 4.42 Å². The van der Waals surface area contributed by atoms with Gasteiger partial charge < -0.3 is 9.32 Å². The van der Waals surface area contributed by atoms with Crippen LogP contribution in [0.2, 0.25) is 0 Å². The first-order valence-electron chi connectivity index (χ1n) is 19.8. The van der Waals surface area contributed by atoms with E-state index in [-0.39, 0.29) is 0 Å². The number of rotatable bonds is 7. The molecule has 1 aromatic heterocycles. The lowest BCUT2D eigenvalue weighted by Crippen LogP contribution is -2.10. The molecule has 0 saturated carbocycles. The zero-order valence-electron chi connectivity index (χ0n) is 31.7. The molecule has 0 radical (unpaired) electrons. The third-order valence-corrected chi connectivity index (χ3v) is 11.4. The first kappa shape index (κ1) is 33.6. The fraction of sp³-hybridized carbons (Fsp3) is 0. The van der Waals surface area contributed by atoms with Crippen molar-refractivity contribution in [3.05, 3.63) is 224 Å². The van der Waals surface area contributed by atoms with E-state index in [1.807, 2.05) is 12.1 Å². The summed E-state index contributed by atoms with van der Waals surface area (Å²) in [5, 5.41) is 7.26. The Balaban J connectivity index is 1.01. The molecule has 11 rings (SSSR count). The summed E-state index contributed by atoms with van der Waals surface area (Å²) < 4.78 is 6.25. The molecule has 0 saturated heterocycles. The van der Waals surface area contributed by atoms with Gasteiger partial charge in [-0.05, 0) is 121 Å². The Labute approximate surface area is 337 Å². The average molecular weight is 740 g/mol. The van der Waals surface area contributed by atoms with Crippen LogP contribution in [0, 0.1) is 0 Å². The van der Waals surface area contributed by atoms with Gasteiger partial charge in [0.15, 0.2) is 0 Å². The van der Waals surface area contributed by atoms with Crippen molar-refractivity contribution >= 4 is 60.5 Å². The molecule has 0 bridgehead atoms. The van der Waals surface area contributed by atoms with Gasteiger partial charge in [0.25, 0.3) is 0 Å². The SMILES string of the molecule is c1cc(-c2ccc(-c3ccc4ccccc4c3)cc2)cc(N(c2ccc(-c3cccc4oc5ccccc5c34)cc2)c2cccc(-c3cccc4ccccc34)c2)c1. The highest BCUT2D eigenvalue weighted by Crippen LogP contribution is 2.42. The minimum absolute atomic E-state index is 0.900. The van der Waals surface area contributed by atoms with Crippen LogP contribution in [0.25, 0.3) is 88.0 Å². The molecule has 0 atom stereocenters. The number of benzene rings is 10. The molecule has 272 valence electrons. The molecule has 2 nitrogen and oxygen atoms in total. The van der Waals surface area contributed by atoms with Gasteiger partial charge in [0, 0.05) is 27.8 Å². The Hall–Kier alpha value is -7.68. The number of para-hydroxylation sites is 1. The summed E-state index contributed by atoms with van der Waals surface area (Å²) in [6, 6.07) is 80.8. The van der Waals surface area contributed by atoms with Crippen LogP contribution >= 0.6 is 0 Å². The summed E-state index contributed by atoms with van der Waals surface area (Å²) >= 11 is 0. The number of anilines is 3. The Bertz CT molecular complexity index is 3280. The van der Waals surface area contributed by atoms with Gasteiger partial charge in [-0.25, -0.2) is 0 Å². The molecule has 2 heteroatoms. The summed E-state index contributed by atoms with van der Waals surface area (Å²) in [5.41, 5.74) is 14.5. The molecule has 58 heavy (non-hydrogen) atoms. The van der Waals surface area contributed by atoms with Gasteiger partial charge in [-0.2, -0.15) is 0 Å². The Morgan fingerprint density at radius 1 is 0.276 bits per heavy atom. The molecule has 0 aliphatic carbocycles. The van der Waals surface area contributed by atoms with Crippen molar-refractivity contribution in [2.24, 2.45) is 0 Å². The van der Waals surface area contributed by atoms with E-state index >= 15 is 0 Å². The molecule has 0 spiro atoms. The van der Waals surface area contributed by atoms with Crippen molar-refractivity contribution < 1.29 is 4.42 Å². The fourth-order valence-electron chi connectivity index (χ4n) is 8.59. The highest BCUT2D eigenvalue weighted by Gasteiger charge is 2.17. The largest absolute Gasteiger partial charge is 0.456 e. The predicted octanol–water partition coefficient (Wildman–Crippen LogP) is 16.0. The standard InChI is InChI=1S/C56H37NO/c1-2-13-43-35-45(30-29-38(43)11-1)40-27-25-39(26-28-40)44-15-7-17-48(36-44)57(49-18-8-16-46(37-49)51-21-9-14-41-12-3-4-19-50(41)51)47-33-31-42(32-34-47)52-22-10-24-55-56(52)53-20-5-6-23-54(53)58-55/h1-37H. The molecule has 11 aromatic rings. The molecule has 0 N–H and O–H groups in total. The quantitative estimate of drug-likeness (QED) is 0.162. The second-order valence-electron chi connectivity index (χ2n) is 14.9. The van der Waals surface area contributed by atoms with Crippen molar-refractivity contribution in [1.82, 2.24) is 0 Å². The van der Waals surface area contributed by atoms with Crippen molar-refractivity contribution in [1.29, 1.82) is 0 Å². The van der Waals surface area contributed by atoms with Crippen molar-refractivity contribution in [3.8, 4) is 44.5 Å². The van der Waals surface area contributed by atoms with Crippen LogP contribution in [0.15, 0.2) is 229 Å². The molecule has 0 aliphatic heterocycles. The summed E-state index contributed by atoms with van der Waals surface area (Å²) in [6.45, 7) is 0. The molecule has 0 aliphatic rings. The highest BCUT2D eigenvalue weighted by molar-refractivity contribution is 6.12. The maximum absolute atomic E-state index is 6.25. The minimum atomic E-state index is 0.900. The van der Waals surface area contributed by atoms with E-state index in [9.17, 15) is 0 Å². The lowest BCUT2D eigenvalue weighted by molar-refractivity contribution is 0.669. The number of hydrogen-bond acceptors (Lipinski definition) is 2. The summed E-state index contributed by atoms with van der Waals surface area (Å²) in [4.78, 5) is 2.37. The van der Waals surface area contributed by atoms with Crippen LogP contribution < -0.4 is 4.90 Å². The van der Waals surface area contributed by atoms with E-state index in [0.29, 0.717) is 0 Å². The maximum atomic E-state index is 6.25. The van der Waals surface area contributed by atoms with Crippen LogP contribution in [-0.2, 0) is 0 Å². The Kier molecular flexibility index (Phi) is 8.19. The van der Waals surface area contributed by atoms with Crippen LogP contribution in [0.3, 0.4) is 0 Å². The fourth-order valence-corrected chi connectivity index (χ4v) is 8.59. The van der Waals surface area contributed by atoms with Gasteiger partial charge >= 0.3 is 0 Å². The van der Waals surface area contributed by atoms with Crippen molar-refractivity contribution in [3.63, 3.8) is 0 Å². The topological polar surface area (TPSA) is 16.4 Å². The summed E-state index contributed by atoms with van der Waals surface area (Å²) in [5.74, 6) is 0. The van der Waals surface area contributed by atoms with E-state index < -0.39 is 0 Å². The van der Waals surface area contributed by atoms with Gasteiger partial charge in [0.2, 0.25) is 0 Å². The molecule has 10 aromatic carbocycles. The number of hydrogen-bond donors (Lipinski definition) is 0. The first-order valence-corrected chi connectivity index (χ1v) is 19.8. The Morgan fingerprint density at radius 3 is 1.60 bits per heavy atom. The molecular weight excluding hydrogens is 703 g/mol. The predicted molar refractivity (Wildman–Crippen MR) is 245 cm³/mol. The molecule has 0 fully saturated rings. The third-order valence-electron chi connectivity index (χ3n) is 11.4. The van der Waals surface area contributed by atoms with Crippen molar-refractivity contribution in [2.75, 3.05) is 4.90 Å². The van der Waals surface area contributed by atoms with E-state index in [1.165, 1.54) is 49.4 Å². The van der Waals surface area contributed by atoms with Gasteiger partial charge in [-0.3, -0.25) is 0 Å². The van der Waals surface area contributed by atoms with Gasteiger partial charge in [0.05, 0.1) is 0 Å². The van der Waals surface area contributed by atoms with Crippen LogP contribution in [-0.4, -0.2) is 0 Å². The van der Waals surface area contributed by atoms with Crippen molar-refractivity contribution in [2.45, 2.75) is 0 Å². The normalized spacial score (nSPS) is 11.4. The average Bonchev–Trinajstić information content (AvgIpc) is 3.68.